The van der Waals surface area contributed by atoms with Gasteiger partial charge >= 0.3 is 5.97 Å². The SMILES string of the molecule is CCCCCCCOCCCC(CN(C)CC)C(=O)O. The fraction of sp³-hybridized carbons (Fsp3) is 0.938. The van der Waals surface area contributed by atoms with Crippen molar-refractivity contribution in [1.82, 2.24) is 4.90 Å². The lowest BCUT2D eigenvalue weighted by Gasteiger charge is -2.19. The van der Waals surface area contributed by atoms with Crippen molar-refractivity contribution in [2.75, 3.05) is 33.4 Å². The summed E-state index contributed by atoms with van der Waals surface area (Å²) >= 11 is 0. The van der Waals surface area contributed by atoms with E-state index >= 15 is 0 Å². The Bertz CT molecular complexity index is 234. The van der Waals surface area contributed by atoms with Crippen molar-refractivity contribution < 1.29 is 14.6 Å². The summed E-state index contributed by atoms with van der Waals surface area (Å²) in [4.78, 5) is 13.2. The van der Waals surface area contributed by atoms with Crippen LogP contribution in [0.3, 0.4) is 0 Å². The highest BCUT2D eigenvalue weighted by Crippen LogP contribution is 2.09. The van der Waals surface area contributed by atoms with Gasteiger partial charge in [0.25, 0.3) is 0 Å². The number of carbonyl (C=O) groups is 1. The van der Waals surface area contributed by atoms with Crippen molar-refractivity contribution in [3.63, 3.8) is 0 Å². The third kappa shape index (κ3) is 11.2. The smallest absolute Gasteiger partial charge is 0.307 e. The van der Waals surface area contributed by atoms with Gasteiger partial charge in [-0.15, -0.1) is 0 Å². The minimum absolute atomic E-state index is 0.270. The minimum atomic E-state index is -0.690. The van der Waals surface area contributed by atoms with Crippen LogP contribution in [0.25, 0.3) is 0 Å². The van der Waals surface area contributed by atoms with Crippen LogP contribution < -0.4 is 0 Å². The van der Waals surface area contributed by atoms with Crippen molar-refractivity contribution >= 4 is 5.97 Å². The van der Waals surface area contributed by atoms with Crippen molar-refractivity contribution in [3.8, 4) is 0 Å². The predicted molar refractivity (Wildman–Crippen MR) is 83.1 cm³/mol. The molecule has 0 heterocycles. The number of nitrogens with zero attached hydrogens (tertiary/aromatic N) is 1. The third-order valence-electron chi connectivity index (χ3n) is 3.65. The molecule has 0 aliphatic carbocycles. The Hall–Kier alpha value is -0.610. The number of carboxylic acids is 1. The highest BCUT2D eigenvalue weighted by atomic mass is 16.5. The zero-order valence-corrected chi connectivity index (χ0v) is 13.6. The Labute approximate surface area is 124 Å². The topological polar surface area (TPSA) is 49.8 Å². The molecular formula is C16H33NO3. The maximum atomic E-state index is 11.2. The average molecular weight is 287 g/mol. The molecule has 0 spiro atoms. The Kier molecular flexibility index (Phi) is 13.0. The molecule has 20 heavy (non-hydrogen) atoms. The van der Waals surface area contributed by atoms with E-state index in [-0.39, 0.29) is 5.92 Å². The van der Waals surface area contributed by atoms with Crippen LogP contribution in [0.1, 0.15) is 58.8 Å². The minimum Gasteiger partial charge on any atom is -0.481 e. The number of carboxylic acid groups (broad SMARTS) is 1. The number of aliphatic carboxylic acids is 1. The monoisotopic (exact) mass is 287 g/mol. The molecule has 0 rings (SSSR count). The highest BCUT2D eigenvalue weighted by molar-refractivity contribution is 5.70. The Balaban J connectivity index is 3.52. The van der Waals surface area contributed by atoms with E-state index in [0.29, 0.717) is 19.6 Å². The molecule has 0 bridgehead atoms. The van der Waals surface area contributed by atoms with E-state index in [1.807, 2.05) is 18.9 Å². The molecular weight excluding hydrogens is 254 g/mol. The van der Waals surface area contributed by atoms with Gasteiger partial charge in [0.15, 0.2) is 0 Å². The maximum Gasteiger partial charge on any atom is 0.307 e. The number of hydrogen-bond donors (Lipinski definition) is 1. The van der Waals surface area contributed by atoms with Crippen LogP contribution in [-0.2, 0) is 9.53 Å². The van der Waals surface area contributed by atoms with Gasteiger partial charge in [0.05, 0.1) is 5.92 Å². The molecule has 0 aromatic carbocycles. The fourth-order valence-electron chi connectivity index (χ4n) is 2.14. The van der Waals surface area contributed by atoms with E-state index in [4.69, 9.17) is 4.74 Å². The van der Waals surface area contributed by atoms with E-state index in [9.17, 15) is 9.90 Å². The summed E-state index contributed by atoms with van der Waals surface area (Å²) in [6, 6.07) is 0. The van der Waals surface area contributed by atoms with Gasteiger partial charge in [0.1, 0.15) is 0 Å². The molecule has 0 saturated heterocycles. The van der Waals surface area contributed by atoms with Crippen molar-refractivity contribution in [2.45, 2.75) is 58.8 Å². The normalized spacial score (nSPS) is 12.8. The first-order valence-electron chi connectivity index (χ1n) is 8.10. The van der Waals surface area contributed by atoms with Gasteiger partial charge in [-0.3, -0.25) is 4.79 Å². The second-order valence-corrected chi connectivity index (χ2v) is 5.56. The summed E-state index contributed by atoms with van der Waals surface area (Å²) in [7, 11) is 1.96. The summed E-state index contributed by atoms with van der Waals surface area (Å²) < 4.78 is 5.57. The number of ether oxygens (including phenoxy) is 1. The summed E-state index contributed by atoms with van der Waals surface area (Å²) in [5, 5.41) is 9.17. The largest absolute Gasteiger partial charge is 0.481 e. The molecule has 4 heteroatoms. The molecule has 0 radical (unpaired) electrons. The lowest BCUT2D eigenvalue weighted by atomic mass is 10.0. The molecule has 0 aromatic heterocycles. The molecule has 1 atom stereocenters. The molecule has 0 amide bonds. The first-order chi connectivity index (χ1) is 9.61. The van der Waals surface area contributed by atoms with Gasteiger partial charge in [0, 0.05) is 19.8 Å². The van der Waals surface area contributed by atoms with E-state index < -0.39 is 5.97 Å². The molecule has 0 fully saturated rings. The van der Waals surface area contributed by atoms with Gasteiger partial charge < -0.3 is 14.7 Å². The lowest BCUT2D eigenvalue weighted by Crippen LogP contribution is -2.30. The Morgan fingerprint density at radius 2 is 1.75 bits per heavy atom. The van der Waals surface area contributed by atoms with E-state index in [1.54, 1.807) is 0 Å². The molecule has 0 aromatic rings. The van der Waals surface area contributed by atoms with Crippen LogP contribution in [0, 0.1) is 5.92 Å². The van der Waals surface area contributed by atoms with Crippen molar-refractivity contribution in [3.05, 3.63) is 0 Å². The fourth-order valence-corrected chi connectivity index (χ4v) is 2.14. The molecule has 0 aliphatic rings. The van der Waals surface area contributed by atoms with Crippen LogP contribution in [-0.4, -0.2) is 49.3 Å². The van der Waals surface area contributed by atoms with Gasteiger partial charge in [-0.1, -0.05) is 39.5 Å². The Morgan fingerprint density at radius 1 is 1.10 bits per heavy atom. The zero-order valence-electron chi connectivity index (χ0n) is 13.6. The second-order valence-electron chi connectivity index (χ2n) is 5.56. The summed E-state index contributed by atoms with van der Waals surface area (Å²) in [5.74, 6) is -0.960. The van der Waals surface area contributed by atoms with Crippen molar-refractivity contribution in [2.24, 2.45) is 5.92 Å². The summed E-state index contributed by atoms with van der Waals surface area (Å²) in [5.41, 5.74) is 0. The van der Waals surface area contributed by atoms with Gasteiger partial charge in [-0.25, -0.2) is 0 Å². The van der Waals surface area contributed by atoms with Crippen LogP contribution in [0.5, 0.6) is 0 Å². The third-order valence-corrected chi connectivity index (χ3v) is 3.65. The average Bonchev–Trinajstić information content (AvgIpc) is 2.43. The van der Waals surface area contributed by atoms with Crippen LogP contribution >= 0.6 is 0 Å². The molecule has 120 valence electrons. The molecule has 0 saturated carbocycles. The summed E-state index contributed by atoms with van der Waals surface area (Å²) in [6.45, 7) is 7.27. The van der Waals surface area contributed by atoms with Crippen LogP contribution in [0.4, 0.5) is 0 Å². The summed E-state index contributed by atoms with van der Waals surface area (Å²) in [6.07, 6.45) is 7.78. The molecule has 1 N–H and O–H groups in total. The van der Waals surface area contributed by atoms with Gasteiger partial charge in [-0.05, 0) is 32.9 Å². The standard InChI is InChI=1S/C16H33NO3/c1-4-6-7-8-9-12-20-13-10-11-15(16(18)19)14-17(3)5-2/h15H,4-14H2,1-3H3,(H,18,19). The number of rotatable bonds is 14. The molecule has 0 aliphatic heterocycles. The van der Waals surface area contributed by atoms with Gasteiger partial charge in [0.2, 0.25) is 0 Å². The lowest BCUT2D eigenvalue weighted by molar-refractivity contribution is -0.142. The van der Waals surface area contributed by atoms with Gasteiger partial charge in [-0.2, -0.15) is 0 Å². The van der Waals surface area contributed by atoms with E-state index in [2.05, 4.69) is 6.92 Å². The number of unbranched alkanes of at least 4 members (excludes halogenated alkanes) is 4. The van der Waals surface area contributed by atoms with E-state index in [1.165, 1.54) is 25.7 Å². The second kappa shape index (κ2) is 13.4. The number of hydrogen-bond acceptors (Lipinski definition) is 3. The predicted octanol–water partition coefficient (Wildman–Crippen LogP) is 3.41. The van der Waals surface area contributed by atoms with Crippen LogP contribution in [0.2, 0.25) is 0 Å². The van der Waals surface area contributed by atoms with Crippen LogP contribution in [0.15, 0.2) is 0 Å². The first-order valence-corrected chi connectivity index (χ1v) is 8.10. The maximum absolute atomic E-state index is 11.2. The zero-order chi connectivity index (χ0) is 15.2. The quantitative estimate of drug-likeness (QED) is 0.497. The highest BCUT2D eigenvalue weighted by Gasteiger charge is 2.18. The molecule has 1 unspecified atom stereocenters. The molecule has 4 nitrogen and oxygen atoms in total. The van der Waals surface area contributed by atoms with Crippen molar-refractivity contribution in [1.29, 1.82) is 0 Å². The van der Waals surface area contributed by atoms with E-state index in [0.717, 1.165) is 26.0 Å². The Morgan fingerprint density at radius 3 is 2.35 bits per heavy atom. The first kappa shape index (κ1) is 19.4.